The SMILES string of the molecule is CN(C)c1c2ccccc2n2c1c(O)c(C(=O)NCC(=O)O)c(=O)n2C. The van der Waals surface area contributed by atoms with Crippen molar-refractivity contribution in [3.8, 4) is 5.75 Å². The van der Waals surface area contributed by atoms with Gasteiger partial charge in [-0.25, -0.2) is 9.20 Å². The van der Waals surface area contributed by atoms with E-state index in [4.69, 9.17) is 5.11 Å². The van der Waals surface area contributed by atoms with Crippen molar-refractivity contribution in [2.24, 2.45) is 7.05 Å². The molecule has 0 unspecified atom stereocenters. The van der Waals surface area contributed by atoms with Gasteiger partial charge in [-0.1, -0.05) is 18.2 Å². The van der Waals surface area contributed by atoms with Crippen molar-refractivity contribution in [2.45, 2.75) is 0 Å². The first kappa shape index (κ1) is 17.3. The zero-order chi connectivity index (χ0) is 19.2. The molecule has 1 amide bonds. The fourth-order valence-corrected chi connectivity index (χ4v) is 3.10. The molecule has 3 rings (SSSR count). The molecule has 3 aromatic rings. The highest BCUT2D eigenvalue weighted by Gasteiger charge is 2.26. The molecule has 0 saturated heterocycles. The zero-order valence-electron chi connectivity index (χ0n) is 14.5. The Labute approximate surface area is 147 Å². The summed E-state index contributed by atoms with van der Waals surface area (Å²) in [7, 11) is 5.06. The fourth-order valence-electron chi connectivity index (χ4n) is 3.10. The van der Waals surface area contributed by atoms with Gasteiger partial charge in [0.05, 0.1) is 11.2 Å². The molecule has 0 aliphatic carbocycles. The number of aromatic nitrogens is 2. The molecule has 2 aromatic heterocycles. The number of aliphatic carboxylic acids is 1. The number of fused-ring (bicyclic) bond motifs is 3. The molecule has 9 nitrogen and oxygen atoms in total. The summed E-state index contributed by atoms with van der Waals surface area (Å²) in [4.78, 5) is 37.4. The molecule has 0 bridgehead atoms. The van der Waals surface area contributed by atoms with E-state index >= 15 is 0 Å². The van der Waals surface area contributed by atoms with Crippen molar-refractivity contribution in [1.29, 1.82) is 0 Å². The van der Waals surface area contributed by atoms with Crippen LogP contribution in [-0.4, -0.2) is 51.9 Å². The van der Waals surface area contributed by atoms with E-state index < -0.39 is 35.3 Å². The Morgan fingerprint density at radius 3 is 2.50 bits per heavy atom. The van der Waals surface area contributed by atoms with Crippen LogP contribution in [0.4, 0.5) is 5.69 Å². The topological polar surface area (TPSA) is 116 Å². The van der Waals surface area contributed by atoms with E-state index in [-0.39, 0.29) is 0 Å². The van der Waals surface area contributed by atoms with Gasteiger partial charge in [0, 0.05) is 26.5 Å². The minimum absolute atomic E-state index is 0.291. The zero-order valence-corrected chi connectivity index (χ0v) is 14.5. The number of carboxylic acid groups (broad SMARTS) is 1. The summed E-state index contributed by atoms with van der Waals surface area (Å²) < 4.78 is 2.76. The van der Waals surface area contributed by atoms with Crippen molar-refractivity contribution in [2.75, 3.05) is 25.5 Å². The van der Waals surface area contributed by atoms with Crippen molar-refractivity contribution in [3.63, 3.8) is 0 Å². The monoisotopic (exact) mass is 358 g/mol. The van der Waals surface area contributed by atoms with E-state index in [1.807, 2.05) is 18.2 Å². The number of rotatable bonds is 4. The van der Waals surface area contributed by atoms with E-state index in [0.29, 0.717) is 16.7 Å². The Morgan fingerprint density at radius 1 is 1.23 bits per heavy atom. The lowest BCUT2D eigenvalue weighted by molar-refractivity contribution is -0.135. The number of nitrogens with zero attached hydrogens (tertiary/aromatic N) is 3. The summed E-state index contributed by atoms with van der Waals surface area (Å²) >= 11 is 0. The number of hydrogen-bond acceptors (Lipinski definition) is 5. The van der Waals surface area contributed by atoms with Crippen LogP contribution in [0.25, 0.3) is 16.4 Å². The van der Waals surface area contributed by atoms with Crippen molar-refractivity contribution in [3.05, 3.63) is 40.2 Å². The van der Waals surface area contributed by atoms with Gasteiger partial charge in [0.2, 0.25) is 0 Å². The number of para-hydroxylation sites is 1. The normalized spacial score (nSPS) is 11.0. The lowest BCUT2D eigenvalue weighted by atomic mass is 10.2. The van der Waals surface area contributed by atoms with Gasteiger partial charge in [0.25, 0.3) is 11.5 Å². The highest BCUT2D eigenvalue weighted by atomic mass is 16.4. The molecule has 0 radical (unpaired) electrons. The van der Waals surface area contributed by atoms with Crippen LogP contribution in [0, 0.1) is 0 Å². The molecule has 0 fully saturated rings. The van der Waals surface area contributed by atoms with Gasteiger partial charge >= 0.3 is 5.97 Å². The van der Waals surface area contributed by atoms with Gasteiger partial charge in [0.1, 0.15) is 17.6 Å². The largest absolute Gasteiger partial charge is 0.505 e. The highest BCUT2D eigenvalue weighted by molar-refractivity contribution is 6.08. The molecule has 0 spiro atoms. The van der Waals surface area contributed by atoms with Gasteiger partial charge in [-0.05, 0) is 6.07 Å². The number of carbonyl (C=O) groups is 2. The van der Waals surface area contributed by atoms with E-state index in [9.17, 15) is 19.5 Å². The minimum atomic E-state index is -1.25. The van der Waals surface area contributed by atoms with Crippen LogP contribution in [0.3, 0.4) is 0 Å². The predicted octanol–water partition coefficient (Wildman–Crippen LogP) is 0.377. The third-order valence-electron chi connectivity index (χ3n) is 4.17. The summed E-state index contributed by atoms with van der Waals surface area (Å²) in [6.07, 6.45) is 0. The number of carboxylic acids is 1. The van der Waals surface area contributed by atoms with Gasteiger partial charge < -0.3 is 20.4 Å². The minimum Gasteiger partial charge on any atom is -0.505 e. The van der Waals surface area contributed by atoms with Gasteiger partial charge in [0.15, 0.2) is 5.75 Å². The van der Waals surface area contributed by atoms with Gasteiger partial charge in [-0.2, -0.15) is 0 Å². The summed E-state index contributed by atoms with van der Waals surface area (Å²) in [5.41, 5.74) is 0.398. The number of anilines is 1. The Bertz CT molecular complexity index is 1110. The molecule has 26 heavy (non-hydrogen) atoms. The second kappa shape index (κ2) is 6.10. The van der Waals surface area contributed by atoms with Crippen molar-refractivity contribution < 1.29 is 19.8 Å². The Hall–Kier alpha value is -3.49. The average molecular weight is 358 g/mol. The number of aromatic hydroxyl groups is 1. The first-order chi connectivity index (χ1) is 12.3. The molecule has 2 heterocycles. The lowest BCUT2D eigenvalue weighted by Crippen LogP contribution is -2.36. The molecule has 1 aromatic carbocycles. The average Bonchev–Trinajstić information content (AvgIpc) is 2.94. The Balaban J connectivity index is 2.42. The standard InChI is InChI=1S/C17H18N4O5/c1-19(2)13-9-6-4-5-7-10(9)21-14(13)15(24)12(17(26)20(21)3)16(25)18-8-11(22)23/h4-7,24H,8H2,1-3H3,(H,18,25)(H,22,23). The molecule has 0 saturated carbocycles. The maximum absolute atomic E-state index is 12.7. The molecule has 3 N–H and O–H groups in total. The summed E-state index contributed by atoms with van der Waals surface area (Å²) in [6.45, 7) is -0.657. The van der Waals surface area contributed by atoms with Crippen LogP contribution in [0.15, 0.2) is 29.1 Å². The second-order valence-corrected chi connectivity index (χ2v) is 6.05. The van der Waals surface area contributed by atoms with Crippen LogP contribution in [-0.2, 0) is 11.8 Å². The molecule has 0 atom stereocenters. The predicted molar refractivity (Wildman–Crippen MR) is 96.1 cm³/mol. The van der Waals surface area contributed by atoms with Gasteiger partial charge in [-0.3, -0.25) is 14.4 Å². The van der Waals surface area contributed by atoms with Crippen LogP contribution in [0.5, 0.6) is 5.75 Å². The summed E-state index contributed by atoms with van der Waals surface area (Å²) in [5, 5.41) is 22.4. The number of amides is 1. The lowest BCUT2D eigenvalue weighted by Gasteiger charge is -2.15. The first-order valence-corrected chi connectivity index (χ1v) is 7.78. The number of aryl methyl sites for hydroxylation is 1. The maximum atomic E-state index is 12.7. The van der Waals surface area contributed by atoms with Crippen LogP contribution in [0.1, 0.15) is 10.4 Å². The Morgan fingerprint density at radius 2 is 1.88 bits per heavy atom. The van der Waals surface area contributed by atoms with E-state index in [2.05, 4.69) is 5.32 Å². The number of benzene rings is 1. The number of hydrogen-bond donors (Lipinski definition) is 3. The maximum Gasteiger partial charge on any atom is 0.322 e. The third-order valence-corrected chi connectivity index (χ3v) is 4.17. The molecular formula is C17H18N4O5. The third kappa shape index (κ3) is 2.44. The quantitative estimate of drug-likeness (QED) is 0.621. The number of nitrogens with one attached hydrogen (secondary N) is 1. The highest BCUT2D eigenvalue weighted by Crippen LogP contribution is 2.38. The molecule has 0 aliphatic heterocycles. The molecule has 0 aliphatic rings. The summed E-state index contributed by atoms with van der Waals surface area (Å²) in [5.74, 6) is -2.68. The van der Waals surface area contributed by atoms with E-state index in [1.54, 1.807) is 25.1 Å². The van der Waals surface area contributed by atoms with E-state index in [1.165, 1.54) is 16.2 Å². The smallest absolute Gasteiger partial charge is 0.322 e. The van der Waals surface area contributed by atoms with Crippen LogP contribution < -0.4 is 15.8 Å². The van der Waals surface area contributed by atoms with Gasteiger partial charge in [-0.15, -0.1) is 0 Å². The Kier molecular flexibility index (Phi) is 4.07. The molecular weight excluding hydrogens is 340 g/mol. The molecule has 9 heteroatoms. The van der Waals surface area contributed by atoms with Crippen molar-refractivity contribution >= 4 is 34.0 Å². The van der Waals surface area contributed by atoms with Crippen molar-refractivity contribution in [1.82, 2.24) is 14.5 Å². The van der Waals surface area contributed by atoms with Crippen LogP contribution in [0.2, 0.25) is 0 Å². The second-order valence-electron chi connectivity index (χ2n) is 6.05. The number of carbonyl (C=O) groups excluding carboxylic acids is 1. The van der Waals surface area contributed by atoms with Crippen LogP contribution >= 0.6 is 0 Å². The molecule has 136 valence electrons. The van der Waals surface area contributed by atoms with E-state index in [0.717, 1.165) is 5.39 Å². The first-order valence-electron chi connectivity index (χ1n) is 7.78. The fraction of sp³-hybridized carbons (Fsp3) is 0.235. The summed E-state index contributed by atoms with van der Waals surface area (Å²) in [6, 6.07) is 7.30.